The summed E-state index contributed by atoms with van der Waals surface area (Å²) in [5.74, 6) is 0. The molecule has 0 spiro atoms. The predicted molar refractivity (Wildman–Crippen MR) is 79.0 cm³/mol. The van der Waals surface area contributed by atoms with E-state index in [0.717, 1.165) is 13.0 Å². The lowest BCUT2D eigenvalue weighted by atomic mass is 10.0. The standard InChI is InChI=1S/C11H19N.2C2H6/c1-5-8-11(9-12-4)10(6-2)7-3;2*1-2/h5-6,8,12H,1,7,9H2,2-4H3;2*1-2H3/b10-6-,11-8-;;. The lowest BCUT2D eigenvalue weighted by Gasteiger charge is -2.08. The normalized spacial score (nSPS) is 10.7. The monoisotopic (exact) mass is 225 g/mol. The van der Waals surface area contributed by atoms with E-state index in [-0.39, 0.29) is 0 Å². The van der Waals surface area contributed by atoms with Crippen molar-refractivity contribution in [1.82, 2.24) is 5.32 Å². The molecule has 0 saturated heterocycles. The molecule has 0 heterocycles. The van der Waals surface area contributed by atoms with Crippen LogP contribution in [-0.2, 0) is 0 Å². The molecule has 0 aliphatic carbocycles. The van der Waals surface area contributed by atoms with Gasteiger partial charge in [-0.1, -0.05) is 59.4 Å². The highest BCUT2D eigenvalue weighted by Crippen LogP contribution is 2.12. The SMILES string of the molecule is C=C/C=C(CNC)\C(=C/C)CC.CC.CC. The second kappa shape index (κ2) is 19.7. The Morgan fingerprint density at radius 1 is 1.12 bits per heavy atom. The molecule has 0 saturated carbocycles. The van der Waals surface area contributed by atoms with Gasteiger partial charge in [0.2, 0.25) is 0 Å². The molecular formula is C15H31N. The van der Waals surface area contributed by atoms with Crippen LogP contribution in [0.3, 0.4) is 0 Å². The Bertz CT molecular complexity index is 188. The summed E-state index contributed by atoms with van der Waals surface area (Å²) in [5.41, 5.74) is 2.72. The fourth-order valence-electron chi connectivity index (χ4n) is 1.23. The number of likely N-dealkylation sites (N-methyl/N-ethyl adjacent to an activating group) is 1. The molecule has 0 radical (unpaired) electrons. The Morgan fingerprint density at radius 3 is 1.88 bits per heavy atom. The fraction of sp³-hybridized carbons (Fsp3) is 0.600. The van der Waals surface area contributed by atoms with Crippen LogP contribution in [0.25, 0.3) is 0 Å². The third kappa shape index (κ3) is 11.3. The maximum Gasteiger partial charge on any atom is 0.0205 e. The quantitative estimate of drug-likeness (QED) is 0.667. The van der Waals surface area contributed by atoms with E-state index in [0.29, 0.717) is 0 Å². The van der Waals surface area contributed by atoms with Gasteiger partial charge in [0.1, 0.15) is 0 Å². The van der Waals surface area contributed by atoms with Crippen LogP contribution in [0.15, 0.2) is 36.0 Å². The molecule has 0 aliphatic heterocycles. The molecule has 0 bridgehead atoms. The van der Waals surface area contributed by atoms with Crippen molar-refractivity contribution in [2.45, 2.75) is 48.0 Å². The van der Waals surface area contributed by atoms with Crippen molar-refractivity contribution in [3.05, 3.63) is 36.0 Å². The highest BCUT2D eigenvalue weighted by Gasteiger charge is 1.98. The first-order valence-corrected chi connectivity index (χ1v) is 6.41. The second-order valence-corrected chi connectivity index (χ2v) is 2.63. The molecule has 0 aromatic rings. The maximum absolute atomic E-state index is 3.70. The van der Waals surface area contributed by atoms with Gasteiger partial charge < -0.3 is 5.32 Å². The van der Waals surface area contributed by atoms with E-state index in [4.69, 9.17) is 0 Å². The van der Waals surface area contributed by atoms with Crippen LogP contribution in [0.5, 0.6) is 0 Å². The zero-order valence-corrected chi connectivity index (χ0v) is 12.4. The minimum atomic E-state index is 0.916. The predicted octanol–water partition coefficient (Wildman–Crippen LogP) is 4.73. The van der Waals surface area contributed by atoms with Crippen molar-refractivity contribution in [1.29, 1.82) is 0 Å². The zero-order chi connectivity index (χ0) is 13.4. The molecular weight excluding hydrogens is 194 g/mol. The van der Waals surface area contributed by atoms with Crippen LogP contribution in [0.2, 0.25) is 0 Å². The van der Waals surface area contributed by atoms with Gasteiger partial charge in [0.25, 0.3) is 0 Å². The summed E-state index contributed by atoms with van der Waals surface area (Å²) >= 11 is 0. The van der Waals surface area contributed by atoms with E-state index in [1.165, 1.54) is 11.1 Å². The van der Waals surface area contributed by atoms with Crippen molar-refractivity contribution in [3.63, 3.8) is 0 Å². The van der Waals surface area contributed by atoms with E-state index >= 15 is 0 Å². The van der Waals surface area contributed by atoms with E-state index < -0.39 is 0 Å². The molecule has 0 unspecified atom stereocenters. The van der Waals surface area contributed by atoms with Crippen molar-refractivity contribution < 1.29 is 0 Å². The first kappa shape index (κ1) is 20.6. The van der Waals surface area contributed by atoms with Crippen LogP contribution in [0.4, 0.5) is 0 Å². The molecule has 0 amide bonds. The van der Waals surface area contributed by atoms with E-state index in [9.17, 15) is 0 Å². The smallest absolute Gasteiger partial charge is 0.0205 e. The number of rotatable bonds is 5. The molecule has 96 valence electrons. The van der Waals surface area contributed by atoms with Gasteiger partial charge in [0, 0.05) is 6.54 Å². The van der Waals surface area contributed by atoms with Gasteiger partial charge in [-0.05, 0) is 31.5 Å². The second-order valence-electron chi connectivity index (χ2n) is 2.63. The van der Waals surface area contributed by atoms with Crippen molar-refractivity contribution in [3.8, 4) is 0 Å². The van der Waals surface area contributed by atoms with Gasteiger partial charge >= 0.3 is 0 Å². The van der Waals surface area contributed by atoms with Gasteiger partial charge in [0.05, 0.1) is 0 Å². The average Bonchev–Trinajstić information content (AvgIpc) is 2.36. The third-order valence-corrected chi connectivity index (χ3v) is 1.83. The number of allylic oxidation sites excluding steroid dienone is 3. The molecule has 1 nitrogen and oxygen atoms in total. The summed E-state index contributed by atoms with van der Waals surface area (Å²) in [4.78, 5) is 0. The third-order valence-electron chi connectivity index (χ3n) is 1.83. The van der Waals surface area contributed by atoms with Crippen LogP contribution in [-0.4, -0.2) is 13.6 Å². The van der Waals surface area contributed by atoms with Gasteiger partial charge in [-0.3, -0.25) is 0 Å². The molecule has 0 aromatic heterocycles. The number of hydrogen-bond acceptors (Lipinski definition) is 1. The van der Waals surface area contributed by atoms with Crippen molar-refractivity contribution in [2.24, 2.45) is 0 Å². The Hall–Kier alpha value is -0.820. The highest BCUT2D eigenvalue weighted by atomic mass is 14.8. The molecule has 0 aliphatic rings. The molecule has 0 aromatic carbocycles. The summed E-state index contributed by atoms with van der Waals surface area (Å²) in [7, 11) is 1.96. The van der Waals surface area contributed by atoms with Crippen molar-refractivity contribution in [2.75, 3.05) is 13.6 Å². The molecule has 1 heteroatoms. The number of nitrogens with one attached hydrogen (secondary N) is 1. The Kier molecular flexibility index (Phi) is 25.3. The van der Waals surface area contributed by atoms with Gasteiger partial charge in [-0.2, -0.15) is 0 Å². The summed E-state index contributed by atoms with van der Waals surface area (Å²) in [6.07, 6.45) is 7.14. The molecule has 0 rings (SSSR count). The van der Waals surface area contributed by atoms with E-state index in [1.54, 1.807) is 0 Å². The Morgan fingerprint density at radius 2 is 1.62 bits per heavy atom. The van der Waals surface area contributed by atoms with Crippen LogP contribution in [0.1, 0.15) is 48.0 Å². The fourth-order valence-corrected chi connectivity index (χ4v) is 1.23. The summed E-state index contributed by atoms with van der Waals surface area (Å²) in [5, 5.41) is 3.14. The largest absolute Gasteiger partial charge is 0.316 e. The maximum atomic E-state index is 3.70. The lowest BCUT2D eigenvalue weighted by Crippen LogP contribution is -2.11. The molecule has 1 N–H and O–H groups in total. The highest BCUT2D eigenvalue weighted by molar-refractivity contribution is 5.33. The molecule has 16 heavy (non-hydrogen) atoms. The van der Waals surface area contributed by atoms with Crippen LogP contribution < -0.4 is 5.32 Å². The topological polar surface area (TPSA) is 12.0 Å². The van der Waals surface area contributed by atoms with Crippen LogP contribution >= 0.6 is 0 Å². The van der Waals surface area contributed by atoms with E-state index in [2.05, 4.69) is 37.9 Å². The Balaban J connectivity index is -0.000000376. The first-order valence-electron chi connectivity index (χ1n) is 6.41. The zero-order valence-electron chi connectivity index (χ0n) is 12.4. The molecule has 0 fully saturated rings. The van der Waals surface area contributed by atoms with Crippen LogP contribution in [0, 0.1) is 0 Å². The summed E-state index contributed by atoms with van der Waals surface area (Å²) < 4.78 is 0. The van der Waals surface area contributed by atoms with Gasteiger partial charge in [-0.25, -0.2) is 0 Å². The molecule has 0 atom stereocenters. The average molecular weight is 225 g/mol. The Labute approximate surface area is 103 Å². The summed E-state index contributed by atoms with van der Waals surface area (Å²) in [6.45, 7) is 16.9. The van der Waals surface area contributed by atoms with Gasteiger partial charge in [0.15, 0.2) is 0 Å². The minimum Gasteiger partial charge on any atom is -0.316 e. The number of hydrogen-bond donors (Lipinski definition) is 1. The summed E-state index contributed by atoms with van der Waals surface area (Å²) in [6, 6.07) is 0. The van der Waals surface area contributed by atoms with Gasteiger partial charge in [-0.15, -0.1) is 0 Å². The van der Waals surface area contributed by atoms with E-state index in [1.807, 2.05) is 40.8 Å². The minimum absolute atomic E-state index is 0.916. The van der Waals surface area contributed by atoms with Crippen molar-refractivity contribution >= 4 is 0 Å². The lowest BCUT2D eigenvalue weighted by molar-refractivity contribution is 0.872. The first-order chi connectivity index (χ1) is 7.79.